The highest BCUT2D eigenvalue weighted by Gasteiger charge is 2.19. The number of benzene rings is 1. The number of halogens is 2. The molecule has 1 saturated heterocycles. The third-order valence-electron chi connectivity index (χ3n) is 3.69. The molecule has 21 heavy (non-hydrogen) atoms. The predicted octanol–water partition coefficient (Wildman–Crippen LogP) is 2.15. The van der Waals surface area contributed by atoms with Crippen molar-refractivity contribution in [2.45, 2.75) is 32.2 Å². The second kappa shape index (κ2) is 6.85. The van der Waals surface area contributed by atoms with E-state index in [2.05, 4.69) is 10.2 Å². The maximum atomic E-state index is 13.6. The molecule has 6 heteroatoms. The molecule has 4 nitrogen and oxygen atoms in total. The summed E-state index contributed by atoms with van der Waals surface area (Å²) in [5.41, 5.74) is 4.92. The van der Waals surface area contributed by atoms with Crippen LogP contribution in [-0.2, 0) is 0 Å². The Morgan fingerprint density at radius 3 is 2.62 bits per heavy atom. The van der Waals surface area contributed by atoms with Crippen LogP contribution in [0.1, 0.15) is 36.5 Å². The molecule has 0 bridgehead atoms. The number of piperidine rings is 1. The molecule has 1 aromatic carbocycles. The lowest BCUT2D eigenvalue weighted by molar-refractivity contribution is 0.0921. The zero-order valence-electron chi connectivity index (χ0n) is 12.2. The smallest absolute Gasteiger partial charge is 0.254 e. The number of nitrogens with zero attached hydrogens (tertiary/aromatic N) is 1. The van der Waals surface area contributed by atoms with Crippen LogP contribution in [0.5, 0.6) is 0 Å². The minimum atomic E-state index is -0.899. The quantitative estimate of drug-likeness (QED) is 0.837. The summed E-state index contributed by atoms with van der Waals surface area (Å²) in [4.78, 5) is 14.3. The van der Waals surface area contributed by atoms with Crippen LogP contribution in [0.4, 0.5) is 14.5 Å². The van der Waals surface area contributed by atoms with E-state index in [0.717, 1.165) is 25.7 Å². The first kappa shape index (κ1) is 15.7. The van der Waals surface area contributed by atoms with Crippen molar-refractivity contribution in [1.82, 2.24) is 10.2 Å². The number of nitrogens with one attached hydrogen (secondary N) is 1. The van der Waals surface area contributed by atoms with Crippen molar-refractivity contribution in [3.05, 3.63) is 29.3 Å². The number of hydrogen-bond acceptors (Lipinski definition) is 3. The van der Waals surface area contributed by atoms with Crippen molar-refractivity contribution in [3.63, 3.8) is 0 Å². The largest absolute Gasteiger partial charge is 0.396 e. The van der Waals surface area contributed by atoms with Gasteiger partial charge in [0.25, 0.3) is 5.91 Å². The summed E-state index contributed by atoms with van der Waals surface area (Å²) in [5, 5.41) is 2.73. The number of carbonyl (C=O) groups excluding carboxylic acids is 1. The van der Waals surface area contributed by atoms with Crippen molar-refractivity contribution in [2.24, 2.45) is 0 Å². The fourth-order valence-electron chi connectivity index (χ4n) is 2.62. The summed E-state index contributed by atoms with van der Waals surface area (Å²) in [6, 6.07) is 1.56. The van der Waals surface area contributed by atoms with E-state index >= 15 is 0 Å². The average Bonchev–Trinajstić information content (AvgIpc) is 2.43. The molecule has 2 rings (SSSR count). The van der Waals surface area contributed by atoms with Gasteiger partial charge in [-0.2, -0.15) is 0 Å². The Morgan fingerprint density at radius 2 is 1.95 bits per heavy atom. The van der Waals surface area contributed by atoms with E-state index in [1.165, 1.54) is 19.3 Å². The second-order valence-electron chi connectivity index (χ2n) is 5.59. The van der Waals surface area contributed by atoms with Crippen LogP contribution >= 0.6 is 0 Å². The number of rotatable bonds is 4. The summed E-state index contributed by atoms with van der Waals surface area (Å²) >= 11 is 0. The van der Waals surface area contributed by atoms with Crippen molar-refractivity contribution >= 4 is 11.6 Å². The van der Waals surface area contributed by atoms with E-state index in [-0.39, 0.29) is 17.3 Å². The Labute approximate surface area is 123 Å². The summed E-state index contributed by atoms with van der Waals surface area (Å²) in [5.74, 6) is -2.32. The predicted molar refractivity (Wildman–Crippen MR) is 78.0 cm³/mol. The first-order valence-electron chi connectivity index (χ1n) is 7.25. The SMILES string of the molecule is CC(CN1CCCCC1)NC(=O)c1cc(N)c(F)cc1F. The summed E-state index contributed by atoms with van der Waals surface area (Å²) < 4.78 is 26.7. The Kier molecular flexibility index (Phi) is 5.12. The first-order valence-corrected chi connectivity index (χ1v) is 7.25. The van der Waals surface area contributed by atoms with Gasteiger partial charge in [-0.05, 0) is 38.9 Å². The molecule has 0 aromatic heterocycles. The van der Waals surface area contributed by atoms with Crippen LogP contribution in [0.2, 0.25) is 0 Å². The van der Waals surface area contributed by atoms with Gasteiger partial charge in [0.15, 0.2) is 0 Å². The van der Waals surface area contributed by atoms with Crippen LogP contribution in [0.25, 0.3) is 0 Å². The number of anilines is 1. The third kappa shape index (κ3) is 4.14. The standard InChI is InChI=1S/C15H21F2N3O/c1-10(9-20-5-3-2-4-6-20)19-15(21)11-7-14(18)13(17)8-12(11)16/h7-8,10H,2-6,9,18H2,1H3,(H,19,21). The molecule has 0 spiro atoms. The zero-order valence-corrected chi connectivity index (χ0v) is 12.2. The van der Waals surface area contributed by atoms with Crippen LogP contribution in [0, 0.1) is 11.6 Å². The van der Waals surface area contributed by atoms with Gasteiger partial charge in [-0.3, -0.25) is 4.79 Å². The van der Waals surface area contributed by atoms with Gasteiger partial charge in [0.2, 0.25) is 0 Å². The molecule has 1 amide bonds. The number of amides is 1. The van der Waals surface area contributed by atoms with Crippen molar-refractivity contribution in [1.29, 1.82) is 0 Å². The van der Waals surface area contributed by atoms with Gasteiger partial charge in [-0.15, -0.1) is 0 Å². The highest BCUT2D eigenvalue weighted by molar-refractivity contribution is 5.95. The maximum absolute atomic E-state index is 13.6. The van der Waals surface area contributed by atoms with Gasteiger partial charge in [0.1, 0.15) is 11.6 Å². The summed E-state index contributed by atoms with van der Waals surface area (Å²) in [7, 11) is 0. The Balaban J connectivity index is 1.95. The molecule has 1 unspecified atom stereocenters. The highest BCUT2D eigenvalue weighted by Crippen LogP contribution is 2.17. The van der Waals surface area contributed by atoms with Crippen molar-refractivity contribution in [3.8, 4) is 0 Å². The molecule has 0 saturated carbocycles. The van der Waals surface area contributed by atoms with Crippen LogP contribution in [0.15, 0.2) is 12.1 Å². The topological polar surface area (TPSA) is 58.4 Å². The number of carbonyl (C=O) groups is 1. The fraction of sp³-hybridized carbons (Fsp3) is 0.533. The second-order valence-corrected chi connectivity index (χ2v) is 5.59. The number of hydrogen-bond donors (Lipinski definition) is 2. The molecule has 1 aliphatic heterocycles. The minimum Gasteiger partial charge on any atom is -0.396 e. The van der Waals surface area contributed by atoms with E-state index in [9.17, 15) is 13.6 Å². The first-order chi connectivity index (χ1) is 9.97. The normalized spacial score (nSPS) is 17.5. The highest BCUT2D eigenvalue weighted by atomic mass is 19.1. The molecule has 1 aromatic rings. The van der Waals surface area contributed by atoms with Crippen LogP contribution < -0.4 is 11.1 Å². The van der Waals surface area contributed by atoms with Gasteiger partial charge in [-0.25, -0.2) is 8.78 Å². The lowest BCUT2D eigenvalue weighted by Gasteiger charge is -2.29. The number of likely N-dealkylation sites (tertiary alicyclic amines) is 1. The lowest BCUT2D eigenvalue weighted by Crippen LogP contribution is -2.43. The minimum absolute atomic E-state index is 0.110. The molecule has 3 N–H and O–H groups in total. The molecule has 0 radical (unpaired) electrons. The third-order valence-corrected chi connectivity index (χ3v) is 3.69. The van der Waals surface area contributed by atoms with E-state index in [4.69, 9.17) is 5.73 Å². The molecular formula is C15H21F2N3O. The van der Waals surface area contributed by atoms with Gasteiger partial charge < -0.3 is 16.0 Å². The summed E-state index contributed by atoms with van der Waals surface area (Å²) in [6.07, 6.45) is 3.59. The van der Waals surface area contributed by atoms with Crippen molar-refractivity contribution < 1.29 is 13.6 Å². The van der Waals surface area contributed by atoms with Crippen LogP contribution in [-0.4, -0.2) is 36.5 Å². The van der Waals surface area contributed by atoms with E-state index < -0.39 is 17.5 Å². The maximum Gasteiger partial charge on any atom is 0.254 e. The molecular weight excluding hydrogens is 276 g/mol. The Bertz CT molecular complexity index is 516. The molecule has 1 atom stereocenters. The Morgan fingerprint density at radius 1 is 1.29 bits per heavy atom. The van der Waals surface area contributed by atoms with Gasteiger partial charge >= 0.3 is 0 Å². The Hall–Kier alpha value is -1.69. The molecule has 1 aliphatic rings. The van der Waals surface area contributed by atoms with E-state index in [0.29, 0.717) is 6.07 Å². The van der Waals surface area contributed by atoms with Gasteiger partial charge in [0.05, 0.1) is 11.3 Å². The number of nitrogens with two attached hydrogens (primary N) is 1. The molecule has 1 heterocycles. The van der Waals surface area contributed by atoms with Gasteiger partial charge in [-0.1, -0.05) is 6.42 Å². The number of nitrogen functional groups attached to an aromatic ring is 1. The monoisotopic (exact) mass is 297 g/mol. The fourth-order valence-corrected chi connectivity index (χ4v) is 2.62. The van der Waals surface area contributed by atoms with Crippen LogP contribution in [0.3, 0.4) is 0 Å². The summed E-state index contributed by atoms with van der Waals surface area (Å²) in [6.45, 7) is 4.65. The average molecular weight is 297 g/mol. The van der Waals surface area contributed by atoms with E-state index in [1.807, 2.05) is 6.92 Å². The van der Waals surface area contributed by atoms with Gasteiger partial charge in [0, 0.05) is 18.7 Å². The lowest BCUT2D eigenvalue weighted by atomic mass is 10.1. The van der Waals surface area contributed by atoms with Crippen molar-refractivity contribution in [2.75, 3.05) is 25.4 Å². The van der Waals surface area contributed by atoms with E-state index in [1.54, 1.807) is 0 Å². The zero-order chi connectivity index (χ0) is 15.4. The molecule has 1 fully saturated rings. The molecule has 116 valence electrons. The molecule has 0 aliphatic carbocycles.